The number of nitro benzene ring substituents is 1. The highest BCUT2D eigenvalue weighted by atomic mass is 16.6. The molecule has 20 heavy (non-hydrogen) atoms. The molecule has 0 amide bonds. The summed E-state index contributed by atoms with van der Waals surface area (Å²) in [4.78, 5) is 10.7. The molecule has 100 valence electrons. The molecule has 1 unspecified atom stereocenters. The molecule has 2 aromatic rings. The van der Waals surface area contributed by atoms with Crippen LogP contribution in [-0.4, -0.2) is 11.5 Å². The van der Waals surface area contributed by atoms with Gasteiger partial charge >= 0.3 is 0 Å². The highest BCUT2D eigenvalue weighted by Crippen LogP contribution is 2.42. The first-order valence-electron chi connectivity index (χ1n) is 6.83. The molecule has 0 spiro atoms. The van der Waals surface area contributed by atoms with E-state index in [2.05, 4.69) is 23.5 Å². The average molecular weight is 266 g/mol. The van der Waals surface area contributed by atoms with E-state index >= 15 is 0 Å². The van der Waals surface area contributed by atoms with Crippen molar-refractivity contribution in [1.82, 2.24) is 5.32 Å². The topological polar surface area (TPSA) is 55.2 Å². The minimum atomic E-state index is -0.316. The van der Waals surface area contributed by atoms with Crippen LogP contribution in [0.5, 0.6) is 0 Å². The molecule has 5 rings (SSSR count). The van der Waals surface area contributed by atoms with Crippen molar-refractivity contribution in [3.05, 3.63) is 74.8 Å². The molecular weight excluding hydrogens is 252 g/mol. The van der Waals surface area contributed by atoms with Gasteiger partial charge in [0.05, 0.1) is 11.0 Å². The van der Waals surface area contributed by atoms with Crippen molar-refractivity contribution < 1.29 is 4.92 Å². The monoisotopic (exact) mass is 266 g/mol. The second-order valence-electron chi connectivity index (χ2n) is 5.51. The Bertz CT molecular complexity index is 711. The molecule has 0 aromatic heterocycles. The first-order valence-corrected chi connectivity index (χ1v) is 6.83. The van der Waals surface area contributed by atoms with E-state index in [1.165, 1.54) is 16.7 Å². The molecular formula is C16H14N2O2. The third-order valence-electron chi connectivity index (χ3n) is 4.43. The summed E-state index contributed by atoms with van der Waals surface area (Å²) in [5, 5.41) is 14.5. The Kier molecular flexibility index (Phi) is 2.41. The van der Waals surface area contributed by atoms with Gasteiger partial charge in [-0.1, -0.05) is 30.3 Å². The van der Waals surface area contributed by atoms with Crippen LogP contribution in [0.1, 0.15) is 34.2 Å². The smallest absolute Gasteiger partial charge is 0.269 e. The summed E-state index contributed by atoms with van der Waals surface area (Å²) in [6.45, 7) is 0.935. The fraction of sp³-hybridized carbons (Fsp3) is 0.250. The summed E-state index contributed by atoms with van der Waals surface area (Å²) in [6, 6.07) is 13.8. The van der Waals surface area contributed by atoms with Crippen LogP contribution in [0, 0.1) is 10.1 Å². The van der Waals surface area contributed by atoms with Crippen LogP contribution in [0.4, 0.5) is 5.69 Å². The summed E-state index contributed by atoms with van der Waals surface area (Å²) in [6.07, 6.45) is 0.952. The quantitative estimate of drug-likeness (QED) is 0.637. The first kappa shape index (κ1) is 11.6. The number of non-ortho nitro benzene ring substituents is 1. The summed E-state index contributed by atoms with van der Waals surface area (Å²) >= 11 is 0. The third-order valence-corrected chi connectivity index (χ3v) is 4.43. The maximum atomic E-state index is 11.0. The van der Waals surface area contributed by atoms with Crippen LogP contribution in [0.15, 0.2) is 42.5 Å². The first-order chi connectivity index (χ1) is 9.74. The van der Waals surface area contributed by atoms with Gasteiger partial charge in [-0.25, -0.2) is 0 Å². The molecule has 0 saturated heterocycles. The van der Waals surface area contributed by atoms with Crippen LogP contribution in [-0.2, 0) is 6.42 Å². The number of hydrogen-bond acceptors (Lipinski definition) is 3. The molecule has 2 bridgehead atoms. The van der Waals surface area contributed by atoms with Crippen LogP contribution in [0.25, 0.3) is 0 Å². The molecule has 2 atom stereocenters. The minimum absolute atomic E-state index is 0.0832. The molecule has 2 aliphatic heterocycles. The van der Waals surface area contributed by atoms with Crippen LogP contribution < -0.4 is 5.32 Å². The molecule has 0 saturated carbocycles. The molecule has 0 radical (unpaired) electrons. The summed E-state index contributed by atoms with van der Waals surface area (Å²) in [5.41, 5.74) is 5.12. The zero-order valence-corrected chi connectivity index (χ0v) is 10.9. The van der Waals surface area contributed by atoms with Crippen molar-refractivity contribution in [2.75, 3.05) is 6.54 Å². The summed E-state index contributed by atoms with van der Waals surface area (Å²) in [7, 11) is 0. The van der Waals surface area contributed by atoms with Gasteiger partial charge in [-0.2, -0.15) is 0 Å². The van der Waals surface area contributed by atoms with Gasteiger partial charge in [0, 0.05) is 24.6 Å². The van der Waals surface area contributed by atoms with E-state index in [4.69, 9.17) is 0 Å². The maximum absolute atomic E-state index is 11.0. The van der Waals surface area contributed by atoms with E-state index in [1.807, 2.05) is 12.1 Å². The Morgan fingerprint density at radius 3 is 2.70 bits per heavy atom. The molecule has 4 heteroatoms. The van der Waals surface area contributed by atoms with Gasteiger partial charge in [0.25, 0.3) is 5.69 Å². The predicted octanol–water partition coefficient (Wildman–Crippen LogP) is 2.93. The number of nitro groups is 1. The van der Waals surface area contributed by atoms with Gasteiger partial charge in [0.2, 0.25) is 0 Å². The highest BCUT2D eigenvalue weighted by Gasteiger charge is 2.33. The number of nitrogens with zero attached hydrogens (tertiary/aromatic N) is 1. The van der Waals surface area contributed by atoms with Crippen LogP contribution in [0.3, 0.4) is 0 Å². The van der Waals surface area contributed by atoms with Gasteiger partial charge < -0.3 is 5.32 Å². The number of benzene rings is 2. The molecule has 3 aliphatic rings. The molecule has 4 nitrogen and oxygen atoms in total. The van der Waals surface area contributed by atoms with E-state index < -0.39 is 0 Å². The average Bonchev–Trinajstić information content (AvgIpc) is 2.73. The lowest BCUT2D eigenvalue weighted by molar-refractivity contribution is -0.384. The van der Waals surface area contributed by atoms with Crippen molar-refractivity contribution in [2.45, 2.75) is 18.4 Å². The Morgan fingerprint density at radius 2 is 1.90 bits per heavy atom. The number of rotatable bonds is 1. The lowest BCUT2D eigenvalue weighted by atomic mass is 9.87. The predicted molar refractivity (Wildman–Crippen MR) is 75.8 cm³/mol. The van der Waals surface area contributed by atoms with Gasteiger partial charge in [0.15, 0.2) is 0 Å². The molecule has 1 N–H and O–H groups in total. The molecule has 0 fully saturated rings. The van der Waals surface area contributed by atoms with Crippen molar-refractivity contribution in [3.8, 4) is 0 Å². The Balaban J connectivity index is 1.94. The zero-order chi connectivity index (χ0) is 13.7. The van der Waals surface area contributed by atoms with Gasteiger partial charge in [-0.3, -0.25) is 10.1 Å². The van der Waals surface area contributed by atoms with Crippen LogP contribution >= 0.6 is 0 Å². The van der Waals surface area contributed by atoms with Crippen molar-refractivity contribution in [3.63, 3.8) is 0 Å². The van der Waals surface area contributed by atoms with E-state index in [9.17, 15) is 10.1 Å². The SMILES string of the molecule is O=[N+]([O-])c1ccc2c(c1)[C@@H]1NCC(C2)c2ccccc21. The second kappa shape index (κ2) is 4.15. The maximum Gasteiger partial charge on any atom is 0.269 e. The molecule has 2 heterocycles. The number of hydrogen-bond donors (Lipinski definition) is 1. The van der Waals surface area contributed by atoms with E-state index in [0.29, 0.717) is 5.92 Å². The largest absolute Gasteiger partial charge is 0.306 e. The van der Waals surface area contributed by atoms with E-state index in [0.717, 1.165) is 18.5 Å². The van der Waals surface area contributed by atoms with Gasteiger partial charge in [-0.05, 0) is 28.7 Å². The number of nitrogens with one attached hydrogen (secondary N) is 1. The zero-order valence-electron chi connectivity index (χ0n) is 10.9. The number of fused-ring (bicyclic) bond motifs is 1. The van der Waals surface area contributed by atoms with Gasteiger partial charge in [-0.15, -0.1) is 0 Å². The Morgan fingerprint density at radius 1 is 1.10 bits per heavy atom. The second-order valence-corrected chi connectivity index (χ2v) is 5.51. The molecule has 1 aliphatic carbocycles. The molecule has 2 aromatic carbocycles. The van der Waals surface area contributed by atoms with E-state index in [1.54, 1.807) is 12.1 Å². The minimum Gasteiger partial charge on any atom is -0.306 e. The lowest BCUT2D eigenvalue weighted by Gasteiger charge is -2.28. The lowest BCUT2D eigenvalue weighted by Crippen LogP contribution is -2.31. The highest BCUT2D eigenvalue weighted by molar-refractivity contribution is 5.51. The fourth-order valence-electron chi connectivity index (χ4n) is 3.50. The fourth-order valence-corrected chi connectivity index (χ4v) is 3.50. The third kappa shape index (κ3) is 1.58. The standard InChI is InChI=1S/C16H14N2O2/c19-18(20)12-6-5-10-7-11-9-17-16(15(10)8-12)14-4-2-1-3-13(11)14/h1-6,8,11,16-17H,7,9H2/t11?,16-/m1/s1. The van der Waals surface area contributed by atoms with E-state index in [-0.39, 0.29) is 16.7 Å². The summed E-state index contributed by atoms with van der Waals surface area (Å²) < 4.78 is 0. The Hall–Kier alpha value is -2.20. The Labute approximate surface area is 116 Å². The van der Waals surface area contributed by atoms with Crippen LogP contribution in [0.2, 0.25) is 0 Å². The van der Waals surface area contributed by atoms with Crippen molar-refractivity contribution >= 4 is 5.69 Å². The van der Waals surface area contributed by atoms with Gasteiger partial charge in [0.1, 0.15) is 0 Å². The van der Waals surface area contributed by atoms with Crippen molar-refractivity contribution in [2.24, 2.45) is 0 Å². The normalized spacial score (nSPS) is 22.8. The summed E-state index contributed by atoms with van der Waals surface area (Å²) in [5.74, 6) is 0.463. The van der Waals surface area contributed by atoms with Crippen molar-refractivity contribution in [1.29, 1.82) is 0 Å².